The van der Waals surface area contributed by atoms with Gasteiger partial charge in [0.15, 0.2) is 28.1 Å². The number of amides is 2. The molecule has 2 aliphatic carbocycles. The summed E-state index contributed by atoms with van der Waals surface area (Å²) in [5.41, 5.74) is 3.77. The van der Waals surface area contributed by atoms with E-state index >= 15 is 0 Å². The van der Waals surface area contributed by atoms with Crippen molar-refractivity contribution in [2.75, 3.05) is 32.2 Å². The van der Waals surface area contributed by atoms with Crippen molar-refractivity contribution < 1.29 is 38.9 Å². The summed E-state index contributed by atoms with van der Waals surface area (Å²) in [6.07, 6.45) is 2.70. The SMILES string of the molecule is COc1cc2cc(C(=O)N3C[C@H]4C[C@@]45C3=CC(=O)c3[nH]c(C(=O)N4CCc6c4c(O)c(OC)c4[nH]c(SC(C)=O)cc64)cc35)[nH]c2cc1O. The highest BCUT2D eigenvalue weighted by Crippen LogP contribution is 2.67. The van der Waals surface area contributed by atoms with E-state index in [4.69, 9.17) is 9.47 Å². The molecule has 0 radical (unpaired) electrons. The summed E-state index contributed by atoms with van der Waals surface area (Å²) in [4.78, 5) is 65.8. The number of thioether (sulfide) groups is 1. The molecular formula is C35H29N5O8S. The summed E-state index contributed by atoms with van der Waals surface area (Å²) in [6, 6.07) is 8.39. The Morgan fingerprint density at radius 2 is 1.76 bits per heavy atom. The Balaban J connectivity index is 1.04. The van der Waals surface area contributed by atoms with Gasteiger partial charge in [-0.1, -0.05) is 0 Å². The number of likely N-dealkylation sites (tertiary alicyclic amines) is 1. The molecule has 1 saturated heterocycles. The number of benzene rings is 2. The van der Waals surface area contributed by atoms with Crippen LogP contribution in [0.25, 0.3) is 21.8 Å². The van der Waals surface area contributed by atoms with Crippen LogP contribution in [0.3, 0.4) is 0 Å². The molecule has 248 valence electrons. The van der Waals surface area contributed by atoms with E-state index < -0.39 is 11.3 Å². The van der Waals surface area contributed by atoms with Crippen molar-refractivity contribution in [2.45, 2.75) is 30.2 Å². The lowest BCUT2D eigenvalue weighted by Gasteiger charge is -2.27. The van der Waals surface area contributed by atoms with E-state index in [1.54, 1.807) is 23.1 Å². The van der Waals surface area contributed by atoms with Gasteiger partial charge in [0.2, 0.25) is 5.78 Å². The number of phenolic OH excluding ortho intramolecular Hbond substituents is 2. The normalized spacial score (nSPS) is 20.3. The number of aromatic amines is 3. The van der Waals surface area contributed by atoms with E-state index in [9.17, 15) is 29.4 Å². The number of carbonyl (C=O) groups excluding carboxylic acids is 4. The molecule has 14 heteroatoms. The molecule has 1 saturated carbocycles. The van der Waals surface area contributed by atoms with Crippen molar-refractivity contribution in [3.05, 3.63) is 70.3 Å². The summed E-state index contributed by atoms with van der Waals surface area (Å²) in [7, 11) is 2.88. The van der Waals surface area contributed by atoms with E-state index in [2.05, 4.69) is 15.0 Å². The second-order valence-corrected chi connectivity index (χ2v) is 14.1. The van der Waals surface area contributed by atoms with Crippen molar-refractivity contribution in [1.82, 2.24) is 19.9 Å². The fraction of sp³-hybridized carbons (Fsp3) is 0.257. The smallest absolute Gasteiger partial charge is 0.274 e. The van der Waals surface area contributed by atoms with Gasteiger partial charge in [0.05, 0.1) is 36.1 Å². The van der Waals surface area contributed by atoms with Crippen molar-refractivity contribution in [2.24, 2.45) is 5.92 Å². The average molecular weight is 680 g/mol. The Kier molecular flexibility index (Phi) is 5.99. The van der Waals surface area contributed by atoms with Crippen LogP contribution in [0.2, 0.25) is 0 Å². The quantitative estimate of drug-likeness (QED) is 0.164. The second kappa shape index (κ2) is 9.95. The Bertz CT molecular complexity index is 2400. The largest absolute Gasteiger partial charge is 0.504 e. The van der Waals surface area contributed by atoms with E-state index in [1.165, 1.54) is 38.2 Å². The first kappa shape index (κ1) is 29.5. The predicted octanol–water partition coefficient (Wildman–Crippen LogP) is 4.74. The first-order chi connectivity index (χ1) is 23.5. The maximum Gasteiger partial charge on any atom is 0.274 e. The monoisotopic (exact) mass is 679 g/mol. The average Bonchev–Trinajstić information content (AvgIpc) is 3.69. The Morgan fingerprint density at radius 3 is 2.51 bits per heavy atom. The van der Waals surface area contributed by atoms with Gasteiger partial charge < -0.3 is 44.4 Å². The molecule has 4 aliphatic rings. The van der Waals surface area contributed by atoms with Gasteiger partial charge in [-0.15, -0.1) is 0 Å². The number of piperidine rings is 1. The van der Waals surface area contributed by atoms with Crippen LogP contribution in [0.15, 0.2) is 47.1 Å². The number of H-pyrrole nitrogens is 3. The summed E-state index contributed by atoms with van der Waals surface area (Å²) < 4.78 is 10.8. The third-order valence-electron chi connectivity index (χ3n) is 10.3. The lowest BCUT2D eigenvalue weighted by atomic mass is 9.85. The first-order valence-electron chi connectivity index (χ1n) is 15.7. The molecule has 2 fully saturated rings. The Hall–Kier alpha value is -5.63. The lowest BCUT2D eigenvalue weighted by Crippen LogP contribution is -2.33. The molecule has 2 aromatic carbocycles. The second-order valence-electron chi connectivity index (χ2n) is 12.9. The molecule has 49 heavy (non-hydrogen) atoms. The van der Waals surface area contributed by atoms with Gasteiger partial charge in [-0.05, 0) is 65.9 Å². The van der Waals surface area contributed by atoms with Crippen LogP contribution in [0.1, 0.15) is 55.9 Å². The molecule has 2 aliphatic heterocycles. The maximum absolute atomic E-state index is 14.2. The van der Waals surface area contributed by atoms with Crippen molar-refractivity contribution in [3.8, 4) is 23.0 Å². The minimum atomic E-state index is -0.572. The van der Waals surface area contributed by atoms with Gasteiger partial charge in [0.1, 0.15) is 11.4 Å². The van der Waals surface area contributed by atoms with Crippen molar-refractivity contribution in [1.29, 1.82) is 0 Å². The highest BCUT2D eigenvalue weighted by molar-refractivity contribution is 8.13. The van der Waals surface area contributed by atoms with Gasteiger partial charge in [-0.25, -0.2) is 0 Å². The third-order valence-corrected chi connectivity index (χ3v) is 11.1. The van der Waals surface area contributed by atoms with E-state index in [1.807, 2.05) is 6.07 Å². The predicted molar refractivity (Wildman–Crippen MR) is 179 cm³/mol. The van der Waals surface area contributed by atoms with Crippen LogP contribution < -0.4 is 14.4 Å². The summed E-state index contributed by atoms with van der Waals surface area (Å²) in [5, 5.41) is 23.5. The molecule has 1 spiro atoms. The van der Waals surface area contributed by atoms with Gasteiger partial charge >= 0.3 is 0 Å². The van der Waals surface area contributed by atoms with E-state index in [0.717, 1.165) is 29.1 Å². The first-order valence-corrected chi connectivity index (χ1v) is 16.5. The molecule has 9 rings (SSSR count). The zero-order valence-corrected chi connectivity index (χ0v) is 27.3. The number of ether oxygens (including phenoxy) is 2. The van der Waals surface area contributed by atoms with Crippen LogP contribution in [0.5, 0.6) is 23.0 Å². The van der Waals surface area contributed by atoms with Crippen molar-refractivity contribution in [3.63, 3.8) is 0 Å². The number of hydrogen-bond acceptors (Lipinski definition) is 9. The van der Waals surface area contributed by atoms with E-state index in [0.29, 0.717) is 68.5 Å². The number of ketones is 1. The number of carbonyl (C=O) groups is 4. The van der Waals surface area contributed by atoms with Crippen LogP contribution >= 0.6 is 11.8 Å². The number of aromatic nitrogens is 3. The number of anilines is 1. The topological polar surface area (TPSA) is 181 Å². The third kappa shape index (κ3) is 3.94. The fourth-order valence-corrected chi connectivity index (χ4v) is 8.79. The maximum atomic E-state index is 14.2. The summed E-state index contributed by atoms with van der Waals surface area (Å²) in [6.45, 7) is 2.17. The van der Waals surface area contributed by atoms with Crippen LogP contribution in [0.4, 0.5) is 5.69 Å². The Morgan fingerprint density at radius 1 is 0.980 bits per heavy atom. The van der Waals surface area contributed by atoms with Crippen LogP contribution in [0, 0.1) is 5.92 Å². The molecule has 0 bridgehead atoms. The zero-order valence-electron chi connectivity index (χ0n) is 26.5. The molecule has 13 nitrogen and oxygen atoms in total. The molecule has 2 atom stereocenters. The number of rotatable bonds is 5. The summed E-state index contributed by atoms with van der Waals surface area (Å²) in [5.74, 6) is -0.747. The highest BCUT2D eigenvalue weighted by atomic mass is 32.2. The number of hydrogen-bond donors (Lipinski definition) is 5. The van der Waals surface area contributed by atoms with E-state index in [-0.39, 0.29) is 52.2 Å². The van der Waals surface area contributed by atoms with Gasteiger partial charge in [0.25, 0.3) is 11.8 Å². The zero-order chi connectivity index (χ0) is 34.1. The number of phenols is 2. The number of methoxy groups -OCH3 is 2. The standard InChI is InChI=1S/C35H29N5O8S/c1-14(41)49-27-8-18-17-4-5-39(30(17)31(44)32(48-3)28(18)38-27)33(45)22-9-19-29(37-22)24(43)11-26-35(19)12-16(35)13-40(26)34(46)21-6-15-7-25(47-2)23(42)10-20(15)36-21/h6-11,16,36-38,42,44H,4-5,12-13H2,1-3H3/t16-,35-/m1/s1. The number of nitrogens with one attached hydrogen (secondary N) is 3. The minimum Gasteiger partial charge on any atom is -0.504 e. The molecular weight excluding hydrogens is 650 g/mol. The summed E-state index contributed by atoms with van der Waals surface area (Å²) >= 11 is 1.03. The Labute approximate surface area is 281 Å². The van der Waals surface area contributed by atoms with Gasteiger partial charge in [0, 0.05) is 59.6 Å². The molecule has 0 unspecified atom stereocenters. The molecule has 3 aromatic heterocycles. The molecule has 5 N–H and O–H groups in total. The number of aromatic hydroxyl groups is 2. The molecule has 5 heterocycles. The van der Waals surface area contributed by atoms with Crippen LogP contribution in [-0.4, -0.2) is 80.1 Å². The van der Waals surface area contributed by atoms with Gasteiger partial charge in [-0.3, -0.25) is 19.2 Å². The number of nitrogens with zero attached hydrogens (tertiary/aromatic N) is 2. The van der Waals surface area contributed by atoms with Crippen molar-refractivity contribution >= 4 is 62.0 Å². The van der Waals surface area contributed by atoms with Gasteiger partial charge in [-0.2, -0.15) is 0 Å². The lowest BCUT2D eigenvalue weighted by molar-refractivity contribution is -0.109. The highest BCUT2D eigenvalue weighted by Gasteiger charge is 2.68. The fourth-order valence-electron chi connectivity index (χ4n) is 8.15. The number of allylic oxidation sites excluding steroid dienone is 2. The minimum absolute atomic E-state index is 0.0504. The molecule has 2 amide bonds. The molecule has 5 aromatic rings. The number of fused-ring (bicyclic) bond motifs is 5. The van der Waals surface area contributed by atoms with Crippen LogP contribution in [-0.2, 0) is 16.6 Å².